The quantitative estimate of drug-likeness (QED) is 0.735. The lowest BCUT2D eigenvalue weighted by Crippen LogP contribution is -2.23. The second-order valence-corrected chi connectivity index (χ2v) is 8.19. The third-order valence-electron chi connectivity index (χ3n) is 5.10. The molecule has 4 rings (SSSR count). The number of carbonyl (C=O) groups is 1. The molecule has 0 spiro atoms. The standard InChI is InChI=1S/C21H20N4O2S/c1-13-6-7-17-15(10-13)21(27)25(12-23-17)9-8-19(26)24-20-16(11-22)14-4-2-3-5-18(14)28-20/h6-7,10,12H,2-5,8-9H2,1H3,(H,24,26). The Bertz CT molecular complexity index is 1170. The number of nitrogens with one attached hydrogen (secondary N) is 1. The van der Waals surface area contributed by atoms with Gasteiger partial charge in [-0.05, 0) is 50.3 Å². The molecule has 7 heteroatoms. The number of hydrogen-bond acceptors (Lipinski definition) is 5. The summed E-state index contributed by atoms with van der Waals surface area (Å²) in [5, 5.41) is 13.6. The molecular weight excluding hydrogens is 372 g/mol. The Morgan fingerprint density at radius 2 is 2.18 bits per heavy atom. The number of benzene rings is 1. The molecular formula is C21H20N4O2S. The Morgan fingerprint density at radius 3 is 3.00 bits per heavy atom. The highest BCUT2D eigenvalue weighted by atomic mass is 32.1. The van der Waals surface area contributed by atoms with Crippen molar-refractivity contribution < 1.29 is 4.79 Å². The largest absolute Gasteiger partial charge is 0.317 e. The van der Waals surface area contributed by atoms with Crippen molar-refractivity contribution in [2.24, 2.45) is 0 Å². The van der Waals surface area contributed by atoms with Gasteiger partial charge in [0.25, 0.3) is 5.56 Å². The van der Waals surface area contributed by atoms with Crippen LogP contribution in [0.15, 0.2) is 29.3 Å². The molecule has 2 aromatic heterocycles. The van der Waals surface area contributed by atoms with Crippen molar-refractivity contribution in [3.8, 4) is 6.07 Å². The first-order valence-corrected chi connectivity index (χ1v) is 10.2. The normalized spacial score (nSPS) is 13.1. The number of aromatic nitrogens is 2. The van der Waals surface area contributed by atoms with Crippen LogP contribution in [0.25, 0.3) is 10.9 Å². The van der Waals surface area contributed by atoms with Gasteiger partial charge in [-0.2, -0.15) is 5.26 Å². The minimum atomic E-state index is -0.202. The van der Waals surface area contributed by atoms with Crippen LogP contribution in [-0.4, -0.2) is 15.5 Å². The maximum Gasteiger partial charge on any atom is 0.261 e. The third-order valence-corrected chi connectivity index (χ3v) is 6.30. The van der Waals surface area contributed by atoms with Gasteiger partial charge < -0.3 is 5.32 Å². The minimum absolute atomic E-state index is 0.145. The molecule has 0 saturated heterocycles. The SMILES string of the molecule is Cc1ccc2ncn(CCC(=O)Nc3sc4c(c3C#N)CCCC4)c(=O)c2c1. The first-order valence-electron chi connectivity index (χ1n) is 9.37. The number of nitrogens with zero attached hydrogens (tertiary/aromatic N) is 3. The predicted octanol–water partition coefficient (Wildman–Crippen LogP) is 3.55. The van der Waals surface area contributed by atoms with Gasteiger partial charge in [0.05, 0.1) is 22.8 Å². The van der Waals surface area contributed by atoms with Gasteiger partial charge in [0.1, 0.15) is 11.1 Å². The summed E-state index contributed by atoms with van der Waals surface area (Å²) in [7, 11) is 0. The molecule has 1 aliphatic rings. The molecule has 1 aliphatic carbocycles. The zero-order chi connectivity index (χ0) is 19.7. The molecule has 0 bridgehead atoms. The molecule has 28 heavy (non-hydrogen) atoms. The molecule has 1 aromatic carbocycles. The molecule has 1 amide bonds. The number of nitriles is 1. The summed E-state index contributed by atoms with van der Waals surface area (Å²) in [6.45, 7) is 2.17. The van der Waals surface area contributed by atoms with Gasteiger partial charge in [-0.3, -0.25) is 14.2 Å². The van der Waals surface area contributed by atoms with Crippen LogP contribution in [0.4, 0.5) is 5.00 Å². The van der Waals surface area contributed by atoms with Crippen LogP contribution in [0.3, 0.4) is 0 Å². The van der Waals surface area contributed by atoms with E-state index in [0.717, 1.165) is 36.8 Å². The summed E-state index contributed by atoms with van der Waals surface area (Å²) in [6, 6.07) is 7.81. The molecule has 142 valence electrons. The summed E-state index contributed by atoms with van der Waals surface area (Å²) in [4.78, 5) is 30.6. The predicted molar refractivity (Wildman–Crippen MR) is 110 cm³/mol. The lowest BCUT2D eigenvalue weighted by molar-refractivity contribution is -0.116. The van der Waals surface area contributed by atoms with Gasteiger partial charge in [0, 0.05) is 17.8 Å². The van der Waals surface area contributed by atoms with Crippen molar-refractivity contribution in [3.05, 3.63) is 56.4 Å². The van der Waals surface area contributed by atoms with Gasteiger partial charge in [-0.15, -0.1) is 11.3 Å². The molecule has 2 heterocycles. The van der Waals surface area contributed by atoms with Crippen LogP contribution in [0, 0.1) is 18.3 Å². The van der Waals surface area contributed by atoms with Crippen molar-refractivity contribution in [1.29, 1.82) is 5.26 Å². The molecule has 0 fully saturated rings. The number of hydrogen-bond donors (Lipinski definition) is 1. The maximum absolute atomic E-state index is 12.6. The lowest BCUT2D eigenvalue weighted by atomic mass is 9.96. The molecule has 6 nitrogen and oxygen atoms in total. The van der Waals surface area contributed by atoms with E-state index in [9.17, 15) is 14.9 Å². The Labute approximate surface area is 166 Å². The van der Waals surface area contributed by atoms with Crippen molar-refractivity contribution in [3.63, 3.8) is 0 Å². The van der Waals surface area contributed by atoms with E-state index in [1.165, 1.54) is 27.1 Å². The Kier molecular flexibility index (Phi) is 4.97. The second kappa shape index (κ2) is 7.56. The smallest absolute Gasteiger partial charge is 0.261 e. The maximum atomic E-state index is 12.6. The zero-order valence-corrected chi connectivity index (χ0v) is 16.4. The van der Waals surface area contributed by atoms with Crippen molar-refractivity contribution in [2.75, 3.05) is 5.32 Å². The summed E-state index contributed by atoms with van der Waals surface area (Å²) in [6.07, 6.45) is 5.72. The van der Waals surface area contributed by atoms with Gasteiger partial charge >= 0.3 is 0 Å². The van der Waals surface area contributed by atoms with Crippen LogP contribution in [0.5, 0.6) is 0 Å². The summed E-state index contributed by atoms with van der Waals surface area (Å²) >= 11 is 1.51. The number of anilines is 1. The van der Waals surface area contributed by atoms with Crippen LogP contribution in [0.2, 0.25) is 0 Å². The number of aryl methyl sites for hydroxylation is 3. The highest BCUT2D eigenvalue weighted by molar-refractivity contribution is 7.16. The molecule has 0 radical (unpaired) electrons. The van der Waals surface area contributed by atoms with Crippen molar-refractivity contribution in [1.82, 2.24) is 9.55 Å². The molecule has 1 N–H and O–H groups in total. The molecule has 0 saturated carbocycles. The fraction of sp³-hybridized carbons (Fsp3) is 0.333. The van der Waals surface area contributed by atoms with Gasteiger partial charge in [0.15, 0.2) is 0 Å². The van der Waals surface area contributed by atoms with E-state index in [1.54, 1.807) is 0 Å². The van der Waals surface area contributed by atoms with Gasteiger partial charge in [-0.1, -0.05) is 11.6 Å². The molecule has 0 atom stereocenters. The highest BCUT2D eigenvalue weighted by Gasteiger charge is 2.21. The van der Waals surface area contributed by atoms with Crippen molar-refractivity contribution in [2.45, 2.75) is 45.6 Å². The molecule has 0 aliphatic heterocycles. The van der Waals surface area contributed by atoms with E-state index in [4.69, 9.17) is 0 Å². The van der Waals surface area contributed by atoms with Gasteiger partial charge in [0.2, 0.25) is 5.91 Å². The fourth-order valence-corrected chi connectivity index (χ4v) is 4.87. The Balaban J connectivity index is 1.49. The first-order chi connectivity index (χ1) is 13.6. The van der Waals surface area contributed by atoms with Crippen LogP contribution >= 0.6 is 11.3 Å². The van der Waals surface area contributed by atoms with Crippen molar-refractivity contribution >= 4 is 33.1 Å². The average Bonchev–Trinajstić information content (AvgIpc) is 3.04. The lowest BCUT2D eigenvalue weighted by Gasteiger charge is -2.09. The zero-order valence-electron chi connectivity index (χ0n) is 15.6. The van der Waals surface area contributed by atoms with Crippen LogP contribution in [-0.2, 0) is 24.2 Å². The summed E-state index contributed by atoms with van der Waals surface area (Å²) < 4.78 is 1.46. The highest BCUT2D eigenvalue weighted by Crippen LogP contribution is 2.37. The number of rotatable bonds is 4. The monoisotopic (exact) mass is 392 g/mol. The number of carbonyl (C=O) groups excluding carboxylic acids is 1. The second-order valence-electron chi connectivity index (χ2n) is 7.09. The van der Waals surface area contributed by atoms with Crippen LogP contribution in [0.1, 0.15) is 40.8 Å². The molecule has 0 unspecified atom stereocenters. The van der Waals surface area contributed by atoms with E-state index < -0.39 is 0 Å². The van der Waals surface area contributed by atoms with E-state index in [2.05, 4.69) is 16.4 Å². The fourth-order valence-electron chi connectivity index (χ4n) is 3.62. The van der Waals surface area contributed by atoms with E-state index >= 15 is 0 Å². The first kappa shape index (κ1) is 18.4. The average molecular weight is 392 g/mol. The topological polar surface area (TPSA) is 87.8 Å². The van der Waals surface area contributed by atoms with Gasteiger partial charge in [-0.25, -0.2) is 4.98 Å². The Morgan fingerprint density at radius 1 is 1.36 bits per heavy atom. The van der Waals surface area contributed by atoms with E-state index in [1.807, 2.05) is 25.1 Å². The van der Waals surface area contributed by atoms with E-state index in [0.29, 0.717) is 21.5 Å². The van der Waals surface area contributed by atoms with Crippen LogP contribution < -0.4 is 10.9 Å². The third kappa shape index (κ3) is 3.43. The molecule has 3 aromatic rings. The Hall–Kier alpha value is -2.98. The minimum Gasteiger partial charge on any atom is -0.317 e. The summed E-state index contributed by atoms with van der Waals surface area (Å²) in [5.74, 6) is -0.202. The number of thiophene rings is 1. The summed E-state index contributed by atoms with van der Waals surface area (Å²) in [5.41, 5.74) is 3.20. The van der Waals surface area contributed by atoms with E-state index in [-0.39, 0.29) is 24.4 Å². The number of fused-ring (bicyclic) bond motifs is 2. The number of amides is 1.